The van der Waals surface area contributed by atoms with Gasteiger partial charge in [0.2, 0.25) is 0 Å². The average Bonchev–Trinajstić information content (AvgIpc) is 2.56. The average molecular weight is 225 g/mol. The van der Waals surface area contributed by atoms with Crippen LogP contribution >= 0.6 is 0 Å². The van der Waals surface area contributed by atoms with E-state index in [-0.39, 0.29) is 0 Å². The maximum atomic E-state index is 5.44. The topological polar surface area (TPSA) is 12.5 Å². The number of hydrogen-bond acceptors (Lipinski definition) is 2. The molecule has 16 heavy (non-hydrogen) atoms. The van der Waals surface area contributed by atoms with E-state index in [9.17, 15) is 0 Å². The van der Waals surface area contributed by atoms with Crippen molar-refractivity contribution < 1.29 is 4.74 Å². The van der Waals surface area contributed by atoms with Crippen LogP contribution in [0.15, 0.2) is 0 Å². The van der Waals surface area contributed by atoms with Crippen molar-refractivity contribution in [3.8, 4) is 0 Å². The van der Waals surface area contributed by atoms with Gasteiger partial charge in [-0.3, -0.25) is 0 Å². The van der Waals surface area contributed by atoms with Crippen LogP contribution in [0.3, 0.4) is 0 Å². The Balaban J connectivity index is 1.72. The second-order valence-electron chi connectivity index (χ2n) is 5.52. The molecule has 2 saturated heterocycles. The molecule has 0 aromatic carbocycles. The molecule has 2 aliphatic heterocycles. The summed E-state index contributed by atoms with van der Waals surface area (Å²) in [4.78, 5) is 2.62. The Labute approximate surface area is 100 Å². The molecule has 0 saturated carbocycles. The van der Waals surface area contributed by atoms with Crippen LogP contribution < -0.4 is 0 Å². The van der Waals surface area contributed by atoms with E-state index in [1.54, 1.807) is 0 Å². The van der Waals surface area contributed by atoms with Crippen LogP contribution in [0.1, 0.15) is 45.4 Å². The highest BCUT2D eigenvalue weighted by Gasteiger charge is 2.21. The number of nitrogens with zero attached hydrogens (tertiary/aromatic N) is 1. The lowest BCUT2D eigenvalue weighted by atomic mass is 9.85. The molecule has 0 aromatic heterocycles. The Morgan fingerprint density at radius 2 is 1.75 bits per heavy atom. The first-order valence-corrected chi connectivity index (χ1v) is 7.18. The predicted octanol–water partition coefficient (Wildman–Crippen LogP) is 2.93. The fourth-order valence-electron chi connectivity index (χ4n) is 3.23. The molecule has 94 valence electrons. The van der Waals surface area contributed by atoms with Gasteiger partial charge in [-0.2, -0.15) is 0 Å². The second-order valence-corrected chi connectivity index (χ2v) is 5.52. The molecule has 2 fully saturated rings. The standard InChI is InChI=1S/C14H27NO/c1-2-15-8-3-4-13(5-9-15)12-14-6-10-16-11-7-14/h13-14H,2-12H2,1H3. The van der Waals surface area contributed by atoms with Gasteiger partial charge in [-0.25, -0.2) is 0 Å². The van der Waals surface area contributed by atoms with Gasteiger partial charge in [0, 0.05) is 13.2 Å². The summed E-state index contributed by atoms with van der Waals surface area (Å²) in [5, 5.41) is 0. The summed E-state index contributed by atoms with van der Waals surface area (Å²) >= 11 is 0. The largest absolute Gasteiger partial charge is 0.381 e. The molecule has 0 bridgehead atoms. The van der Waals surface area contributed by atoms with Crippen LogP contribution in [0, 0.1) is 11.8 Å². The molecular formula is C14H27NO. The molecule has 0 aliphatic carbocycles. The van der Waals surface area contributed by atoms with Gasteiger partial charge in [0.05, 0.1) is 0 Å². The summed E-state index contributed by atoms with van der Waals surface area (Å²) in [6, 6.07) is 0. The highest BCUT2D eigenvalue weighted by Crippen LogP contribution is 2.29. The third-order valence-corrected chi connectivity index (χ3v) is 4.40. The van der Waals surface area contributed by atoms with E-state index in [4.69, 9.17) is 4.74 Å². The van der Waals surface area contributed by atoms with Crippen LogP contribution in [0.5, 0.6) is 0 Å². The number of likely N-dealkylation sites (tertiary alicyclic amines) is 1. The quantitative estimate of drug-likeness (QED) is 0.732. The summed E-state index contributed by atoms with van der Waals surface area (Å²) in [6.45, 7) is 8.23. The van der Waals surface area contributed by atoms with Crippen molar-refractivity contribution in [3.05, 3.63) is 0 Å². The Bertz CT molecular complexity index is 189. The number of ether oxygens (including phenoxy) is 1. The summed E-state index contributed by atoms with van der Waals surface area (Å²) in [5.74, 6) is 1.96. The van der Waals surface area contributed by atoms with Crippen molar-refractivity contribution in [2.24, 2.45) is 11.8 Å². The van der Waals surface area contributed by atoms with Gasteiger partial charge in [0.1, 0.15) is 0 Å². The lowest BCUT2D eigenvalue weighted by Crippen LogP contribution is -2.24. The van der Waals surface area contributed by atoms with Crippen LogP contribution in [0.2, 0.25) is 0 Å². The molecule has 0 N–H and O–H groups in total. The molecule has 0 radical (unpaired) electrons. The van der Waals surface area contributed by atoms with Crippen molar-refractivity contribution in [2.75, 3.05) is 32.8 Å². The van der Waals surface area contributed by atoms with E-state index in [0.717, 1.165) is 25.0 Å². The van der Waals surface area contributed by atoms with Crippen LogP contribution in [-0.4, -0.2) is 37.7 Å². The van der Waals surface area contributed by atoms with Crippen LogP contribution in [0.4, 0.5) is 0 Å². The maximum absolute atomic E-state index is 5.44. The third-order valence-electron chi connectivity index (χ3n) is 4.40. The first-order valence-electron chi connectivity index (χ1n) is 7.18. The second kappa shape index (κ2) is 6.61. The Morgan fingerprint density at radius 3 is 2.50 bits per heavy atom. The summed E-state index contributed by atoms with van der Waals surface area (Å²) in [6.07, 6.45) is 8.42. The highest BCUT2D eigenvalue weighted by molar-refractivity contribution is 4.74. The van der Waals surface area contributed by atoms with Gasteiger partial charge in [-0.05, 0) is 70.0 Å². The summed E-state index contributed by atoms with van der Waals surface area (Å²) < 4.78 is 5.44. The maximum Gasteiger partial charge on any atom is 0.0468 e. The molecule has 2 heterocycles. The molecular weight excluding hydrogens is 198 g/mol. The molecule has 2 rings (SSSR count). The van der Waals surface area contributed by atoms with E-state index in [1.807, 2.05) is 0 Å². The zero-order valence-corrected chi connectivity index (χ0v) is 10.8. The minimum absolute atomic E-state index is 0.965. The van der Waals surface area contributed by atoms with Crippen molar-refractivity contribution in [1.29, 1.82) is 0 Å². The van der Waals surface area contributed by atoms with E-state index < -0.39 is 0 Å². The normalized spacial score (nSPS) is 30.2. The van der Waals surface area contributed by atoms with E-state index in [2.05, 4.69) is 11.8 Å². The van der Waals surface area contributed by atoms with Gasteiger partial charge in [-0.15, -0.1) is 0 Å². The lowest BCUT2D eigenvalue weighted by Gasteiger charge is -2.26. The third kappa shape index (κ3) is 3.74. The van der Waals surface area contributed by atoms with Gasteiger partial charge in [0.25, 0.3) is 0 Å². The Morgan fingerprint density at radius 1 is 1.00 bits per heavy atom. The summed E-state index contributed by atoms with van der Waals surface area (Å²) in [5.41, 5.74) is 0. The SMILES string of the molecule is CCN1CCCC(CC2CCOCC2)CC1. The Kier molecular flexibility index (Phi) is 5.11. The van der Waals surface area contributed by atoms with Crippen LogP contribution in [-0.2, 0) is 4.74 Å². The molecule has 1 atom stereocenters. The monoisotopic (exact) mass is 225 g/mol. The first-order chi connectivity index (χ1) is 7.88. The van der Waals surface area contributed by atoms with Gasteiger partial charge in [0.15, 0.2) is 0 Å². The van der Waals surface area contributed by atoms with Gasteiger partial charge in [-0.1, -0.05) is 6.92 Å². The molecule has 2 aliphatic rings. The van der Waals surface area contributed by atoms with Crippen molar-refractivity contribution in [1.82, 2.24) is 4.90 Å². The van der Waals surface area contributed by atoms with E-state index >= 15 is 0 Å². The molecule has 2 heteroatoms. The van der Waals surface area contributed by atoms with Crippen molar-refractivity contribution >= 4 is 0 Å². The number of hydrogen-bond donors (Lipinski definition) is 0. The van der Waals surface area contributed by atoms with E-state index in [1.165, 1.54) is 58.2 Å². The highest BCUT2D eigenvalue weighted by atomic mass is 16.5. The predicted molar refractivity (Wildman–Crippen MR) is 67.6 cm³/mol. The molecule has 2 nitrogen and oxygen atoms in total. The van der Waals surface area contributed by atoms with Gasteiger partial charge >= 0.3 is 0 Å². The van der Waals surface area contributed by atoms with Crippen LogP contribution in [0.25, 0.3) is 0 Å². The number of rotatable bonds is 3. The van der Waals surface area contributed by atoms with E-state index in [0.29, 0.717) is 0 Å². The molecule has 0 aromatic rings. The minimum Gasteiger partial charge on any atom is -0.381 e. The zero-order chi connectivity index (χ0) is 11.2. The smallest absolute Gasteiger partial charge is 0.0468 e. The molecule has 0 spiro atoms. The van der Waals surface area contributed by atoms with Crippen molar-refractivity contribution in [2.45, 2.75) is 45.4 Å². The lowest BCUT2D eigenvalue weighted by molar-refractivity contribution is 0.0577. The summed E-state index contributed by atoms with van der Waals surface area (Å²) in [7, 11) is 0. The fraction of sp³-hybridized carbons (Fsp3) is 1.00. The fourth-order valence-corrected chi connectivity index (χ4v) is 3.23. The van der Waals surface area contributed by atoms with Gasteiger partial charge < -0.3 is 9.64 Å². The zero-order valence-electron chi connectivity index (χ0n) is 10.8. The Hall–Kier alpha value is -0.0800. The first kappa shape index (κ1) is 12.4. The molecule has 1 unspecified atom stereocenters. The minimum atomic E-state index is 0.965. The van der Waals surface area contributed by atoms with Crippen molar-refractivity contribution in [3.63, 3.8) is 0 Å². The molecule has 0 amide bonds.